The maximum absolute atomic E-state index is 12.5. The van der Waals surface area contributed by atoms with Crippen LogP contribution in [0.15, 0.2) is 53.4 Å². The number of aromatic hydroxyl groups is 1. The third-order valence-electron chi connectivity index (χ3n) is 3.53. The number of nitrogens with one attached hydrogen (secondary N) is 1. The minimum atomic E-state index is -3.84. The van der Waals surface area contributed by atoms with E-state index in [1.807, 2.05) is 6.92 Å². The number of hydrogen-bond donors (Lipinski definition) is 2. The van der Waals surface area contributed by atoms with Crippen LogP contribution in [0, 0.1) is 6.92 Å². The highest BCUT2D eigenvalue weighted by atomic mass is 35.5. The Morgan fingerprint density at radius 1 is 1.12 bits per heavy atom. The highest BCUT2D eigenvalue weighted by Gasteiger charge is 2.25. The molecule has 7 heteroatoms. The first kappa shape index (κ1) is 18.4. The van der Waals surface area contributed by atoms with E-state index in [9.17, 15) is 18.3 Å². The van der Waals surface area contributed by atoms with Gasteiger partial charge in [-0.2, -0.15) is 0 Å². The molecule has 24 heavy (non-hydrogen) atoms. The number of rotatable bonds is 7. The summed E-state index contributed by atoms with van der Waals surface area (Å²) in [5, 5.41) is 9.30. The van der Waals surface area contributed by atoms with Crippen LogP contribution in [0.25, 0.3) is 0 Å². The number of ketones is 1. The van der Waals surface area contributed by atoms with Gasteiger partial charge in [0.05, 0.1) is 16.8 Å². The van der Waals surface area contributed by atoms with Gasteiger partial charge in [-0.1, -0.05) is 29.8 Å². The van der Waals surface area contributed by atoms with Crippen LogP contribution in [-0.2, 0) is 21.2 Å². The van der Waals surface area contributed by atoms with E-state index in [2.05, 4.69) is 4.72 Å². The number of alkyl halides is 1. The predicted octanol–water partition coefficient (Wildman–Crippen LogP) is 2.40. The quantitative estimate of drug-likeness (QED) is 0.736. The molecule has 0 spiro atoms. The van der Waals surface area contributed by atoms with Crippen molar-refractivity contribution in [3.63, 3.8) is 0 Å². The molecule has 0 fully saturated rings. The lowest BCUT2D eigenvalue weighted by molar-refractivity contribution is -0.118. The first-order valence-corrected chi connectivity index (χ1v) is 9.29. The molecule has 2 aromatic carbocycles. The SMILES string of the molecule is Cc1ccc(S(=O)(=O)N[C@@H](Cc2ccc(O)cc2)C(=O)CCl)cc1. The fourth-order valence-electron chi connectivity index (χ4n) is 2.15. The van der Waals surface area contributed by atoms with E-state index in [0.717, 1.165) is 5.56 Å². The second-order valence-corrected chi connectivity index (χ2v) is 7.44. The summed E-state index contributed by atoms with van der Waals surface area (Å²) < 4.78 is 27.4. The van der Waals surface area contributed by atoms with Crippen LogP contribution in [0.1, 0.15) is 11.1 Å². The number of carbonyl (C=O) groups is 1. The van der Waals surface area contributed by atoms with Gasteiger partial charge in [-0.3, -0.25) is 4.79 Å². The van der Waals surface area contributed by atoms with E-state index in [4.69, 9.17) is 11.6 Å². The van der Waals surface area contributed by atoms with Gasteiger partial charge < -0.3 is 5.11 Å². The predicted molar refractivity (Wildman–Crippen MR) is 92.8 cm³/mol. The van der Waals surface area contributed by atoms with Gasteiger partial charge in [-0.05, 0) is 43.2 Å². The average Bonchev–Trinajstić information content (AvgIpc) is 2.55. The molecule has 0 radical (unpaired) electrons. The summed E-state index contributed by atoms with van der Waals surface area (Å²) in [6.07, 6.45) is 0.150. The Hall–Kier alpha value is -1.89. The molecule has 1 atom stereocenters. The molecule has 128 valence electrons. The molecule has 0 bridgehead atoms. The smallest absolute Gasteiger partial charge is 0.241 e. The summed E-state index contributed by atoms with van der Waals surface area (Å²) in [5.41, 5.74) is 1.65. The fraction of sp³-hybridized carbons (Fsp3) is 0.235. The third-order valence-corrected chi connectivity index (χ3v) is 5.28. The Labute approximate surface area is 146 Å². The molecule has 5 nitrogen and oxygen atoms in total. The van der Waals surface area contributed by atoms with E-state index >= 15 is 0 Å². The number of aryl methyl sites for hydroxylation is 1. The molecule has 0 aromatic heterocycles. The van der Waals surface area contributed by atoms with E-state index < -0.39 is 21.8 Å². The van der Waals surface area contributed by atoms with Crippen molar-refractivity contribution >= 4 is 27.4 Å². The Morgan fingerprint density at radius 2 is 1.71 bits per heavy atom. The van der Waals surface area contributed by atoms with Crippen molar-refractivity contribution in [2.75, 3.05) is 5.88 Å². The number of sulfonamides is 1. The molecule has 0 saturated heterocycles. The lowest BCUT2D eigenvalue weighted by Gasteiger charge is -2.17. The zero-order valence-corrected chi connectivity index (χ0v) is 14.6. The largest absolute Gasteiger partial charge is 0.508 e. The Kier molecular flexibility index (Phi) is 5.99. The summed E-state index contributed by atoms with van der Waals surface area (Å²) in [7, 11) is -3.84. The van der Waals surface area contributed by atoms with Gasteiger partial charge in [-0.25, -0.2) is 13.1 Å². The molecule has 0 saturated carbocycles. The molecular weight excluding hydrogens is 350 g/mol. The van der Waals surface area contributed by atoms with Crippen molar-refractivity contribution in [3.05, 3.63) is 59.7 Å². The third kappa shape index (κ3) is 4.80. The Morgan fingerprint density at radius 3 is 2.25 bits per heavy atom. The summed E-state index contributed by atoms with van der Waals surface area (Å²) in [5.74, 6) is -0.612. The second-order valence-electron chi connectivity index (χ2n) is 5.46. The first-order chi connectivity index (χ1) is 11.3. The molecule has 0 heterocycles. The molecule has 2 N–H and O–H groups in total. The number of benzene rings is 2. The zero-order valence-electron chi connectivity index (χ0n) is 13.1. The Balaban J connectivity index is 2.23. The van der Waals surface area contributed by atoms with E-state index in [1.54, 1.807) is 24.3 Å². The highest BCUT2D eigenvalue weighted by molar-refractivity contribution is 7.89. The Bertz CT molecular complexity index is 801. The molecular formula is C17H18ClNO4S. The molecule has 0 unspecified atom stereocenters. The lowest BCUT2D eigenvalue weighted by Crippen LogP contribution is -2.43. The van der Waals surface area contributed by atoms with Gasteiger partial charge in [0.15, 0.2) is 5.78 Å². The van der Waals surface area contributed by atoms with Gasteiger partial charge in [0, 0.05) is 0 Å². The van der Waals surface area contributed by atoms with E-state index in [1.165, 1.54) is 24.3 Å². The second kappa shape index (κ2) is 7.79. The van der Waals surface area contributed by atoms with Crippen LogP contribution in [0.3, 0.4) is 0 Å². The monoisotopic (exact) mass is 367 g/mol. The van der Waals surface area contributed by atoms with Crippen molar-refractivity contribution in [3.8, 4) is 5.75 Å². The van der Waals surface area contributed by atoms with Gasteiger partial charge >= 0.3 is 0 Å². The molecule has 2 aromatic rings. The van der Waals surface area contributed by atoms with Crippen molar-refractivity contribution in [1.29, 1.82) is 0 Å². The van der Waals surface area contributed by atoms with Gasteiger partial charge in [0.25, 0.3) is 0 Å². The normalized spacial score (nSPS) is 12.8. The van der Waals surface area contributed by atoms with Gasteiger partial charge in [0.2, 0.25) is 10.0 Å². The molecule has 0 aliphatic heterocycles. The molecule has 0 amide bonds. The summed E-state index contributed by atoms with van der Waals surface area (Å²) in [6.45, 7) is 1.86. The van der Waals surface area contributed by atoms with Crippen molar-refractivity contribution < 1.29 is 18.3 Å². The zero-order chi connectivity index (χ0) is 17.7. The van der Waals surface area contributed by atoms with Crippen LogP contribution >= 0.6 is 11.6 Å². The van der Waals surface area contributed by atoms with Crippen molar-refractivity contribution in [1.82, 2.24) is 4.72 Å². The number of phenolic OH excluding ortho intramolecular Hbond substituents is 1. The summed E-state index contributed by atoms with van der Waals surface area (Å²) in [6, 6.07) is 11.6. The topological polar surface area (TPSA) is 83.5 Å². The van der Waals surface area contributed by atoms with Crippen molar-refractivity contribution in [2.45, 2.75) is 24.3 Å². The minimum absolute atomic E-state index is 0.0891. The summed E-state index contributed by atoms with van der Waals surface area (Å²) >= 11 is 5.61. The number of Topliss-reactive ketones (excluding diaryl/α,β-unsaturated/α-hetero) is 1. The summed E-state index contributed by atoms with van der Waals surface area (Å²) in [4.78, 5) is 12.1. The highest BCUT2D eigenvalue weighted by Crippen LogP contribution is 2.15. The first-order valence-electron chi connectivity index (χ1n) is 7.27. The minimum Gasteiger partial charge on any atom is -0.508 e. The van der Waals surface area contributed by atoms with Crippen LogP contribution in [0.5, 0.6) is 5.75 Å². The van der Waals surface area contributed by atoms with Gasteiger partial charge in [0.1, 0.15) is 5.75 Å². The van der Waals surface area contributed by atoms with Crippen LogP contribution in [-0.4, -0.2) is 31.2 Å². The van der Waals surface area contributed by atoms with Crippen molar-refractivity contribution in [2.24, 2.45) is 0 Å². The molecule has 0 aliphatic carbocycles. The number of phenols is 1. The van der Waals surface area contributed by atoms with Crippen LogP contribution in [0.4, 0.5) is 0 Å². The molecule has 2 rings (SSSR count). The van der Waals surface area contributed by atoms with Crippen LogP contribution in [0.2, 0.25) is 0 Å². The maximum atomic E-state index is 12.5. The van der Waals surface area contributed by atoms with E-state index in [0.29, 0.717) is 5.56 Å². The number of carbonyl (C=O) groups excluding carboxylic acids is 1. The molecule has 0 aliphatic rings. The average molecular weight is 368 g/mol. The van der Waals surface area contributed by atoms with Crippen LogP contribution < -0.4 is 4.72 Å². The maximum Gasteiger partial charge on any atom is 0.241 e. The van der Waals surface area contributed by atoms with Gasteiger partial charge in [-0.15, -0.1) is 11.6 Å². The standard InChI is InChI=1S/C17H18ClNO4S/c1-12-2-8-15(9-3-12)24(22,23)19-16(17(21)11-18)10-13-4-6-14(20)7-5-13/h2-9,16,19-20H,10-11H2,1H3/t16-/m0/s1. The number of hydrogen-bond acceptors (Lipinski definition) is 4. The number of halogens is 1. The van der Waals surface area contributed by atoms with E-state index in [-0.39, 0.29) is 22.9 Å². The lowest BCUT2D eigenvalue weighted by atomic mass is 10.0. The fourth-order valence-corrected chi connectivity index (χ4v) is 3.56.